The Morgan fingerprint density at radius 2 is 2.09 bits per heavy atom. The van der Waals surface area contributed by atoms with Gasteiger partial charge in [0.1, 0.15) is 11.3 Å². The van der Waals surface area contributed by atoms with Gasteiger partial charge in [0, 0.05) is 18.7 Å². The average Bonchev–Trinajstić information content (AvgIpc) is 2.45. The van der Waals surface area contributed by atoms with Crippen LogP contribution < -0.4 is 9.04 Å². The number of carboxylic acid groups (broad SMARTS) is 1. The summed E-state index contributed by atoms with van der Waals surface area (Å²) in [5.41, 5.74) is -0.838. The Kier molecular flexibility index (Phi) is 4.44. The lowest BCUT2D eigenvalue weighted by molar-refractivity contribution is -0.384. The number of hydrogen-bond donors (Lipinski definition) is 3. The molecule has 22 heavy (non-hydrogen) atoms. The number of hydrogen-bond acceptors (Lipinski definition) is 7. The molecule has 2 rings (SSSR count). The SMILES string of the molecule is COc1c(C(=O)O)cc([N+](=O)[O-])cc1N1CCCCS1(O)O. The van der Waals surface area contributed by atoms with E-state index in [1.807, 2.05) is 0 Å². The highest BCUT2D eigenvalue weighted by Gasteiger charge is 2.32. The number of anilines is 1. The molecule has 1 heterocycles. The third kappa shape index (κ3) is 2.93. The highest BCUT2D eigenvalue weighted by Crippen LogP contribution is 2.53. The van der Waals surface area contributed by atoms with Crippen molar-refractivity contribution in [3.05, 3.63) is 27.8 Å². The van der Waals surface area contributed by atoms with E-state index in [0.717, 1.165) is 12.1 Å². The first-order chi connectivity index (χ1) is 10.3. The minimum Gasteiger partial charge on any atom is -0.494 e. The molecule has 1 aliphatic heterocycles. The molecule has 1 aliphatic rings. The molecule has 122 valence electrons. The number of nitrogens with zero attached hydrogens (tertiary/aromatic N) is 2. The summed E-state index contributed by atoms with van der Waals surface area (Å²) in [5, 5.41) is 20.2. The lowest BCUT2D eigenvalue weighted by Gasteiger charge is -2.47. The Balaban J connectivity index is 2.66. The van der Waals surface area contributed by atoms with Crippen LogP contribution in [0.5, 0.6) is 5.75 Å². The Morgan fingerprint density at radius 1 is 1.41 bits per heavy atom. The number of nitro groups is 1. The summed E-state index contributed by atoms with van der Waals surface area (Å²) in [7, 11) is -1.93. The lowest BCUT2D eigenvalue weighted by Crippen LogP contribution is -2.34. The number of carbonyl (C=O) groups is 1. The molecular formula is C12H16N2O7S. The van der Waals surface area contributed by atoms with Gasteiger partial charge < -0.3 is 9.84 Å². The van der Waals surface area contributed by atoms with Gasteiger partial charge in [-0.05, 0) is 12.8 Å². The van der Waals surface area contributed by atoms with Crippen molar-refractivity contribution in [3.63, 3.8) is 0 Å². The van der Waals surface area contributed by atoms with Crippen LogP contribution in [0.25, 0.3) is 0 Å². The van der Waals surface area contributed by atoms with Crippen LogP contribution in [-0.4, -0.2) is 44.5 Å². The summed E-state index contributed by atoms with van der Waals surface area (Å²) >= 11 is 0. The van der Waals surface area contributed by atoms with Crippen LogP contribution in [0.4, 0.5) is 11.4 Å². The van der Waals surface area contributed by atoms with E-state index in [2.05, 4.69) is 0 Å². The van der Waals surface area contributed by atoms with E-state index < -0.39 is 32.9 Å². The van der Waals surface area contributed by atoms with E-state index >= 15 is 0 Å². The maximum Gasteiger partial charge on any atom is 0.339 e. The summed E-state index contributed by atoms with van der Waals surface area (Å²) in [6, 6.07) is 1.99. The van der Waals surface area contributed by atoms with Crippen LogP contribution in [-0.2, 0) is 0 Å². The van der Waals surface area contributed by atoms with Gasteiger partial charge in [-0.3, -0.25) is 23.5 Å². The smallest absolute Gasteiger partial charge is 0.339 e. The van der Waals surface area contributed by atoms with Gasteiger partial charge in [0.25, 0.3) is 5.69 Å². The molecule has 0 amide bonds. The predicted octanol–water partition coefficient (Wildman–Crippen LogP) is 2.57. The number of non-ortho nitro benzene ring substituents is 1. The second kappa shape index (κ2) is 5.99. The van der Waals surface area contributed by atoms with Crippen LogP contribution in [0.1, 0.15) is 23.2 Å². The summed E-state index contributed by atoms with van der Waals surface area (Å²) in [4.78, 5) is 21.6. The molecule has 0 atom stereocenters. The number of rotatable bonds is 4. The second-order valence-electron chi connectivity index (χ2n) is 4.75. The van der Waals surface area contributed by atoms with Crippen molar-refractivity contribution < 1.29 is 28.7 Å². The summed E-state index contributed by atoms with van der Waals surface area (Å²) < 4.78 is 26.6. The third-order valence-corrected chi connectivity index (χ3v) is 5.27. The van der Waals surface area contributed by atoms with Gasteiger partial charge in [-0.15, -0.1) is 10.8 Å². The minimum atomic E-state index is -3.16. The summed E-state index contributed by atoms with van der Waals surface area (Å²) in [6.07, 6.45) is 1.27. The van der Waals surface area contributed by atoms with Gasteiger partial charge in [0.2, 0.25) is 0 Å². The molecule has 0 bridgehead atoms. The number of nitro benzene ring substituents is 1. The molecule has 3 N–H and O–H groups in total. The number of benzene rings is 1. The van der Waals surface area contributed by atoms with E-state index in [1.165, 1.54) is 11.4 Å². The number of methoxy groups -OCH3 is 1. The fraction of sp³-hybridized carbons (Fsp3) is 0.417. The molecule has 0 aromatic heterocycles. The highest BCUT2D eigenvalue weighted by molar-refractivity contribution is 8.25. The molecule has 0 saturated carbocycles. The van der Waals surface area contributed by atoms with Crippen LogP contribution >= 0.6 is 10.8 Å². The molecular weight excluding hydrogens is 316 g/mol. The van der Waals surface area contributed by atoms with Crippen molar-refractivity contribution in [2.75, 3.05) is 23.7 Å². The van der Waals surface area contributed by atoms with E-state index in [9.17, 15) is 29.1 Å². The maximum absolute atomic E-state index is 11.3. The number of ether oxygens (including phenoxy) is 1. The molecule has 10 heteroatoms. The first-order valence-corrected chi connectivity index (χ1v) is 8.08. The standard InChI is InChI=1S/C12H16N2O7S/c1-21-11-9(12(15)16)6-8(14(17)18)7-10(11)13-4-2-3-5-22(13,19)20/h6-7,19-20H,2-5H2,1H3,(H,15,16). The average molecular weight is 332 g/mol. The van der Waals surface area contributed by atoms with Crippen molar-refractivity contribution in [2.24, 2.45) is 0 Å². The molecule has 9 nitrogen and oxygen atoms in total. The molecule has 0 unspecified atom stereocenters. The first kappa shape index (κ1) is 16.3. The zero-order chi connectivity index (χ0) is 16.5. The number of carboxylic acids is 1. The molecule has 0 spiro atoms. The molecule has 0 aliphatic carbocycles. The van der Waals surface area contributed by atoms with Crippen molar-refractivity contribution in [1.29, 1.82) is 0 Å². The van der Waals surface area contributed by atoms with Gasteiger partial charge in [0.05, 0.1) is 17.8 Å². The topological polar surface area (TPSA) is 133 Å². The van der Waals surface area contributed by atoms with Crippen LogP contribution in [0.15, 0.2) is 12.1 Å². The van der Waals surface area contributed by atoms with Gasteiger partial charge in [-0.25, -0.2) is 4.79 Å². The quantitative estimate of drug-likeness (QED) is 0.566. The zero-order valence-corrected chi connectivity index (χ0v) is 12.6. The Bertz CT molecular complexity index is 620. The normalized spacial score (nSPS) is 18.6. The van der Waals surface area contributed by atoms with Crippen molar-refractivity contribution >= 4 is 28.1 Å². The Morgan fingerprint density at radius 3 is 2.59 bits per heavy atom. The van der Waals surface area contributed by atoms with Crippen molar-refractivity contribution in [1.82, 2.24) is 0 Å². The van der Waals surface area contributed by atoms with Crippen molar-refractivity contribution in [3.8, 4) is 5.75 Å². The minimum absolute atomic E-state index is 0.00815. The third-order valence-electron chi connectivity index (χ3n) is 3.35. The van der Waals surface area contributed by atoms with Gasteiger partial charge in [-0.2, -0.15) is 0 Å². The predicted molar refractivity (Wildman–Crippen MR) is 80.9 cm³/mol. The summed E-state index contributed by atoms with van der Waals surface area (Å²) in [5.74, 6) is -1.39. The molecule has 0 radical (unpaired) electrons. The van der Waals surface area contributed by atoms with Crippen LogP contribution in [0.2, 0.25) is 0 Å². The lowest BCUT2D eigenvalue weighted by atomic mass is 10.1. The van der Waals surface area contributed by atoms with E-state index in [-0.39, 0.29) is 23.7 Å². The fourth-order valence-corrected chi connectivity index (χ4v) is 4.03. The Hall–Kier alpha value is -2.04. The molecule has 1 aromatic carbocycles. The number of aromatic carboxylic acids is 1. The van der Waals surface area contributed by atoms with Gasteiger partial charge in [0.15, 0.2) is 5.75 Å². The highest BCUT2D eigenvalue weighted by atomic mass is 32.3. The van der Waals surface area contributed by atoms with Crippen LogP contribution in [0.3, 0.4) is 0 Å². The zero-order valence-electron chi connectivity index (χ0n) is 11.8. The van der Waals surface area contributed by atoms with Crippen molar-refractivity contribution in [2.45, 2.75) is 12.8 Å². The maximum atomic E-state index is 11.3. The van der Waals surface area contributed by atoms with E-state index in [0.29, 0.717) is 12.8 Å². The molecule has 1 fully saturated rings. The fourth-order valence-electron chi connectivity index (χ4n) is 2.35. The monoisotopic (exact) mass is 332 g/mol. The summed E-state index contributed by atoms with van der Waals surface area (Å²) in [6.45, 7) is 0.249. The van der Waals surface area contributed by atoms with Crippen LogP contribution in [0, 0.1) is 10.1 Å². The molecule has 1 saturated heterocycles. The van der Waals surface area contributed by atoms with E-state index in [1.54, 1.807) is 0 Å². The first-order valence-electron chi connectivity index (χ1n) is 6.41. The van der Waals surface area contributed by atoms with Gasteiger partial charge >= 0.3 is 5.97 Å². The second-order valence-corrected chi connectivity index (χ2v) is 6.87. The van der Waals surface area contributed by atoms with Gasteiger partial charge in [-0.1, -0.05) is 0 Å². The van der Waals surface area contributed by atoms with E-state index in [4.69, 9.17) is 4.74 Å². The Labute approximate surface area is 127 Å². The molecule has 1 aromatic rings. The largest absolute Gasteiger partial charge is 0.494 e.